The van der Waals surface area contributed by atoms with Crippen LogP contribution in [0.15, 0.2) is 0 Å². The molecule has 1 aliphatic carbocycles. The highest BCUT2D eigenvalue weighted by Crippen LogP contribution is 2.45. The first-order chi connectivity index (χ1) is 14.5. The third-order valence-corrected chi connectivity index (χ3v) is 8.33. The number of carbonyl (C=O) groups excluding carboxylic acids is 2. The van der Waals surface area contributed by atoms with Gasteiger partial charge in [0.05, 0.1) is 29.6 Å². The van der Waals surface area contributed by atoms with E-state index >= 15 is 0 Å². The first-order valence-electron chi connectivity index (χ1n) is 11.2. The number of aliphatic carboxylic acids is 1. The van der Waals surface area contributed by atoms with Crippen LogP contribution in [0.1, 0.15) is 65.7 Å². The molecule has 4 atom stereocenters. The number of fused-ring (bicyclic) bond motifs is 3. The number of nitrogens with zero attached hydrogens (tertiary/aromatic N) is 1. The number of carboxylic acids is 1. The summed E-state index contributed by atoms with van der Waals surface area (Å²) in [7, 11) is 0. The zero-order chi connectivity index (χ0) is 20.8. The first-order valence-corrected chi connectivity index (χ1v) is 12.0. The molecule has 4 aliphatic rings. The predicted octanol–water partition coefficient (Wildman–Crippen LogP) is 3.07. The molecule has 8 heteroatoms. The lowest BCUT2D eigenvalue weighted by molar-refractivity contribution is -0.147. The molecule has 0 radical (unpaired) electrons. The molecule has 3 fully saturated rings. The zero-order valence-corrected chi connectivity index (χ0v) is 17.8. The van der Waals surface area contributed by atoms with E-state index in [4.69, 9.17) is 4.74 Å². The van der Waals surface area contributed by atoms with E-state index in [9.17, 15) is 19.5 Å². The van der Waals surface area contributed by atoms with Gasteiger partial charge in [0.1, 0.15) is 5.00 Å². The van der Waals surface area contributed by atoms with E-state index in [2.05, 4.69) is 5.32 Å². The summed E-state index contributed by atoms with van der Waals surface area (Å²) >= 11 is 1.50. The minimum Gasteiger partial charge on any atom is -0.481 e. The van der Waals surface area contributed by atoms with Crippen LogP contribution in [0, 0.1) is 11.8 Å². The second-order valence-corrected chi connectivity index (χ2v) is 10.0. The smallest absolute Gasteiger partial charge is 0.310 e. The summed E-state index contributed by atoms with van der Waals surface area (Å²) in [5, 5.41) is 13.2. The maximum Gasteiger partial charge on any atom is 0.310 e. The van der Waals surface area contributed by atoms with E-state index in [1.807, 2.05) is 4.90 Å². The second-order valence-electron chi connectivity index (χ2n) is 8.94. The van der Waals surface area contributed by atoms with Crippen LogP contribution >= 0.6 is 11.3 Å². The molecule has 2 amide bonds. The Labute approximate surface area is 179 Å². The average molecular weight is 433 g/mol. The summed E-state index contributed by atoms with van der Waals surface area (Å²) in [4.78, 5) is 41.5. The maximum atomic E-state index is 13.4. The van der Waals surface area contributed by atoms with E-state index in [-0.39, 0.29) is 24.0 Å². The summed E-state index contributed by atoms with van der Waals surface area (Å²) in [5.41, 5.74) is 1.75. The van der Waals surface area contributed by atoms with Crippen LogP contribution in [0.3, 0.4) is 0 Å². The van der Waals surface area contributed by atoms with Crippen LogP contribution in [-0.2, 0) is 27.2 Å². The Kier molecular flexibility index (Phi) is 5.31. The third kappa shape index (κ3) is 3.34. The quantitative estimate of drug-likeness (QED) is 0.762. The van der Waals surface area contributed by atoms with E-state index in [1.54, 1.807) is 0 Å². The van der Waals surface area contributed by atoms with Crippen LogP contribution in [0.25, 0.3) is 0 Å². The predicted molar refractivity (Wildman–Crippen MR) is 112 cm³/mol. The molecule has 3 aliphatic heterocycles. The lowest BCUT2D eigenvalue weighted by Gasteiger charge is -2.28. The molecule has 2 bridgehead atoms. The number of hydrogen-bond acceptors (Lipinski definition) is 5. The molecule has 3 saturated heterocycles. The minimum absolute atomic E-state index is 0.0170. The van der Waals surface area contributed by atoms with Crippen molar-refractivity contribution in [3.63, 3.8) is 0 Å². The molecular formula is C22H28N2O5S. The lowest BCUT2D eigenvalue weighted by atomic mass is 9.78. The van der Waals surface area contributed by atoms with Crippen LogP contribution < -0.4 is 5.32 Å². The fraction of sp³-hybridized carbons (Fsp3) is 0.682. The van der Waals surface area contributed by atoms with Crippen LogP contribution in [0.5, 0.6) is 0 Å². The number of rotatable bonds is 4. The number of ether oxygens (including phenoxy) is 1. The van der Waals surface area contributed by atoms with Gasteiger partial charge in [0.2, 0.25) is 5.91 Å². The van der Waals surface area contributed by atoms with E-state index in [0.717, 1.165) is 63.6 Å². The van der Waals surface area contributed by atoms with Gasteiger partial charge in [-0.05, 0) is 63.4 Å². The Bertz CT molecular complexity index is 875. The number of hydrogen-bond donors (Lipinski definition) is 2. The number of anilines is 1. The number of carboxylic acid groups (broad SMARTS) is 1. The summed E-state index contributed by atoms with van der Waals surface area (Å²) < 4.78 is 5.76. The zero-order valence-electron chi connectivity index (χ0n) is 17.0. The van der Waals surface area contributed by atoms with E-state index in [0.29, 0.717) is 23.4 Å². The molecule has 1 aromatic rings. The Hall–Kier alpha value is -1.93. The highest BCUT2D eigenvalue weighted by Gasteiger charge is 2.55. The van der Waals surface area contributed by atoms with E-state index < -0.39 is 17.8 Å². The molecule has 0 unspecified atom stereocenters. The second kappa shape index (κ2) is 7.96. The summed E-state index contributed by atoms with van der Waals surface area (Å²) in [6, 6.07) is 0. The topological polar surface area (TPSA) is 95.9 Å². The van der Waals surface area contributed by atoms with Gasteiger partial charge >= 0.3 is 5.97 Å². The van der Waals surface area contributed by atoms with Gasteiger partial charge in [0.25, 0.3) is 5.91 Å². The monoisotopic (exact) mass is 432 g/mol. The molecule has 30 heavy (non-hydrogen) atoms. The Balaban J connectivity index is 1.44. The Morgan fingerprint density at radius 3 is 2.40 bits per heavy atom. The Morgan fingerprint density at radius 1 is 0.967 bits per heavy atom. The molecule has 5 rings (SSSR count). The maximum absolute atomic E-state index is 13.4. The average Bonchev–Trinajstić information content (AvgIpc) is 3.46. The summed E-state index contributed by atoms with van der Waals surface area (Å²) in [6.07, 6.45) is 7.82. The number of likely N-dealkylation sites (tertiary alicyclic amines) is 1. The third-order valence-electron chi connectivity index (χ3n) is 7.13. The van der Waals surface area contributed by atoms with Crippen molar-refractivity contribution in [2.75, 3.05) is 18.4 Å². The molecule has 4 heterocycles. The molecule has 1 aromatic heterocycles. The highest BCUT2D eigenvalue weighted by atomic mass is 32.1. The SMILES string of the molecule is O=C(O)[C@@H]1[C@H](C(=O)Nc2sc3c(c2C(=O)N2CCCCC2)CCCC3)[C@H]2CC[C@H]1O2. The minimum atomic E-state index is -0.975. The van der Waals surface area contributed by atoms with Gasteiger partial charge in [-0.2, -0.15) is 0 Å². The van der Waals surface area contributed by atoms with Gasteiger partial charge in [-0.15, -0.1) is 11.3 Å². The molecule has 162 valence electrons. The number of carbonyl (C=O) groups is 3. The van der Waals surface area contributed by atoms with Crippen molar-refractivity contribution in [2.45, 2.75) is 70.0 Å². The van der Waals surface area contributed by atoms with Gasteiger partial charge < -0.3 is 20.1 Å². The van der Waals surface area contributed by atoms with Crippen molar-refractivity contribution in [1.29, 1.82) is 0 Å². The summed E-state index contributed by atoms with van der Waals surface area (Å²) in [5.74, 6) is -2.78. The molecule has 0 spiro atoms. The van der Waals surface area contributed by atoms with Crippen molar-refractivity contribution in [1.82, 2.24) is 4.90 Å². The number of aryl methyl sites for hydroxylation is 1. The number of nitrogens with one attached hydrogen (secondary N) is 1. The number of piperidine rings is 1. The van der Waals surface area contributed by atoms with Gasteiger partial charge in [0, 0.05) is 18.0 Å². The van der Waals surface area contributed by atoms with Crippen molar-refractivity contribution >= 4 is 34.1 Å². The first kappa shape index (κ1) is 20.0. The Morgan fingerprint density at radius 2 is 1.67 bits per heavy atom. The van der Waals surface area contributed by atoms with Gasteiger partial charge in [-0.3, -0.25) is 14.4 Å². The van der Waals surface area contributed by atoms with Crippen molar-refractivity contribution in [3.05, 3.63) is 16.0 Å². The van der Waals surface area contributed by atoms with Crippen molar-refractivity contribution in [2.24, 2.45) is 11.8 Å². The largest absolute Gasteiger partial charge is 0.481 e. The van der Waals surface area contributed by atoms with Gasteiger partial charge in [-0.25, -0.2) is 0 Å². The molecule has 0 aromatic carbocycles. The van der Waals surface area contributed by atoms with Crippen LogP contribution in [-0.4, -0.2) is 53.1 Å². The number of amides is 2. The standard InChI is InChI=1S/C22H28N2O5S/c25-19(17-13-8-9-14(29-13)18(17)22(27)28)23-20-16(12-6-2-3-7-15(12)30-20)21(26)24-10-4-1-5-11-24/h13-14,17-18H,1-11H2,(H,23,25)(H,27,28)/t13-,14-,17-,18+/m1/s1. The fourth-order valence-electron chi connectivity index (χ4n) is 5.66. The highest BCUT2D eigenvalue weighted by molar-refractivity contribution is 7.17. The molecule has 0 saturated carbocycles. The van der Waals surface area contributed by atoms with Crippen molar-refractivity contribution < 1.29 is 24.2 Å². The van der Waals surface area contributed by atoms with Gasteiger partial charge in [0.15, 0.2) is 0 Å². The lowest BCUT2D eigenvalue weighted by Crippen LogP contribution is -2.41. The van der Waals surface area contributed by atoms with Gasteiger partial charge in [-0.1, -0.05) is 0 Å². The van der Waals surface area contributed by atoms with Crippen molar-refractivity contribution in [3.8, 4) is 0 Å². The number of thiophene rings is 1. The normalized spacial score (nSPS) is 30.2. The molecule has 7 nitrogen and oxygen atoms in total. The summed E-state index contributed by atoms with van der Waals surface area (Å²) in [6.45, 7) is 1.52. The van der Waals surface area contributed by atoms with Crippen LogP contribution in [0.2, 0.25) is 0 Å². The fourth-order valence-corrected chi connectivity index (χ4v) is 6.94. The molecular weight excluding hydrogens is 404 g/mol. The molecule has 2 N–H and O–H groups in total. The van der Waals surface area contributed by atoms with E-state index in [1.165, 1.54) is 16.2 Å². The van der Waals surface area contributed by atoms with Crippen LogP contribution in [0.4, 0.5) is 5.00 Å².